The SMILES string of the molecule is NC(=O)C1CCN(c2ccc(Br)cc2N)CC1. The van der Waals surface area contributed by atoms with E-state index in [9.17, 15) is 4.79 Å². The highest BCUT2D eigenvalue weighted by Gasteiger charge is 2.23. The van der Waals surface area contributed by atoms with Crippen LogP contribution in [0.5, 0.6) is 0 Å². The molecule has 17 heavy (non-hydrogen) atoms. The molecular formula is C12H16BrN3O. The molecule has 1 fully saturated rings. The summed E-state index contributed by atoms with van der Waals surface area (Å²) >= 11 is 3.39. The van der Waals surface area contributed by atoms with Gasteiger partial charge in [0.15, 0.2) is 0 Å². The Morgan fingerprint density at radius 1 is 1.35 bits per heavy atom. The predicted octanol–water partition coefficient (Wildman–Crippen LogP) is 1.73. The minimum absolute atomic E-state index is 0.0166. The number of nitrogens with zero attached hydrogens (tertiary/aromatic N) is 1. The van der Waals surface area contributed by atoms with Crippen LogP contribution in [-0.2, 0) is 4.79 Å². The second kappa shape index (κ2) is 4.96. The van der Waals surface area contributed by atoms with E-state index in [1.54, 1.807) is 0 Å². The Hall–Kier alpha value is -1.23. The van der Waals surface area contributed by atoms with Gasteiger partial charge in [-0.1, -0.05) is 15.9 Å². The topological polar surface area (TPSA) is 72.4 Å². The fraction of sp³-hybridized carbons (Fsp3) is 0.417. The number of anilines is 2. The van der Waals surface area contributed by atoms with Crippen LogP contribution in [0, 0.1) is 5.92 Å². The van der Waals surface area contributed by atoms with Gasteiger partial charge >= 0.3 is 0 Å². The van der Waals surface area contributed by atoms with Gasteiger partial charge in [0.25, 0.3) is 0 Å². The number of rotatable bonds is 2. The van der Waals surface area contributed by atoms with E-state index in [0.717, 1.165) is 41.8 Å². The molecule has 4 N–H and O–H groups in total. The van der Waals surface area contributed by atoms with E-state index in [-0.39, 0.29) is 11.8 Å². The summed E-state index contributed by atoms with van der Waals surface area (Å²) in [6.45, 7) is 1.67. The highest BCUT2D eigenvalue weighted by atomic mass is 79.9. The number of hydrogen-bond acceptors (Lipinski definition) is 3. The van der Waals surface area contributed by atoms with Crippen LogP contribution >= 0.6 is 15.9 Å². The number of nitrogen functional groups attached to an aromatic ring is 1. The first-order chi connectivity index (χ1) is 8.08. The van der Waals surface area contributed by atoms with E-state index in [1.807, 2.05) is 18.2 Å². The maximum atomic E-state index is 11.1. The molecule has 0 saturated carbocycles. The van der Waals surface area contributed by atoms with Gasteiger partial charge in [-0.2, -0.15) is 0 Å². The number of amides is 1. The van der Waals surface area contributed by atoms with Gasteiger partial charge in [0.1, 0.15) is 0 Å². The van der Waals surface area contributed by atoms with Crippen LogP contribution in [0.1, 0.15) is 12.8 Å². The molecule has 1 aromatic carbocycles. The van der Waals surface area contributed by atoms with Gasteiger partial charge in [0, 0.05) is 23.5 Å². The van der Waals surface area contributed by atoms with Crippen LogP contribution in [0.25, 0.3) is 0 Å². The van der Waals surface area contributed by atoms with E-state index in [2.05, 4.69) is 20.8 Å². The maximum absolute atomic E-state index is 11.1. The van der Waals surface area contributed by atoms with Crippen molar-refractivity contribution in [2.75, 3.05) is 23.7 Å². The van der Waals surface area contributed by atoms with Crippen molar-refractivity contribution in [2.24, 2.45) is 11.7 Å². The molecule has 1 amide bonds. The Morgan fingerprint density at radius 2 is 2.00 bits per heavy atom. The Balaban J connectivity index is 2.08. The third-order valence-electron chi connectivity index (χ3n) is 3.23. The molecule has 0 unspecified atom stereocenters. The van der Waals surface area contributed by atoms with Crippen LogP contribution < -0.4 is 16.4 Å². The number of hydrogen-bond donors (Lipinski definition) is 2. The van der Waals surface area contributed by atoms with Crippen LogP contribution in [0.3, 0.4) is 0 Å². The average Bonchev–Trinajstić information content (AvgIpc) is 2.29. The smallest absolute Gasteiger partial charge is 0.220 e. The Morgan fingerprint density at radius 3 is 2.53 bits per heavy atom. The van der Waals surface area contributed by atoms with Gasteiger partial charge in [-0.25, -0.2) is 0 Å². The van der Waals surface area contributed by atoms with E-state index >= 15 is 0 Å². The third-order valence-corrected chi connectivity index (χ3v) is 3.72. The van der Waals surface area contributed by atoms with Crippen LogP contribution in [-0.4, -0.2) is 19.0 Å². The van der Waals surface area contributed by atoms with Crippen molar-refractivity contribution >= 4 is 33.2 Å². The second-order valence-electron chi connectivity index (χ2n) is 4.37. The Labute approximate surface area is 109 Å². The quantitative estimate of drug-likeness (QED) is 0.817. The van der Waals surface area contributed by atoms with Gasteiger partial charge in [0.2, 0.25) is 5.91 Å². The minimum Gasteiger partial charge on any atom is -0.397 e. The summed E-state index contributed by atoms with van der Waals surface area (Å²) in [7, 11) is 0. The fourth-order valence-electron chi connectivity index (χ4n) is 2.22. The lowest BCUT2D eigenvalue weighted by molar-refractivity contribution is -0.122. The van der Waals surface area contributed by atoms with Gasteiger partial charge in [-0.15, -0.1) is 0 Å². The van der Waals surface area contributed by atoms with Crippen molar-refractivity contribution in [3.63, 3.8) is 0 Å². The lowest BCUT2D eigenvalue weighted by Crippen LogP contribution is -2.38. The van der Waals surface area contributed by atoms with Gasteiger partial charge in [0.05, 0.1) is 11.4 Å². The Bertz CT molecular complexity index is 428. The lowest BCUT2D eigenvalue weighted by atomic mass is 9.96. The average molecular weight is 298 g/mol. The summed E-state index contributed by atoms with van der Waals surface area (Å²) in [6, 6.07) is 5.88. The number of carbonyl (C=O) groups excluding carboxylic acids is 1. The molecule has 0 aromatic heterocycles. The molecule has 0 aliphatic carbocycles. The number of carbonyl (C=O) groups is 1. The standard InChI is InChI=1S/C12H16BrN3O/c13-9-1-2-11(10(14)7-9)16-5-3-8(4-6-16)12(15)17/h1-2,7-8H,3-6,14H2,(H2,15,17). The number of halogens is 1. The number of benzene rings is 1. The fourth-order valence-corrected chi connectivity index (χ4v) is 2.60. The molecule has 5 heteroatoms. The zero-order chi connectivity index (χ0) is 12.4. The zero-order valence-corrected chi connectivity index (χ0v) is 11.1. The van der Waals surface area contributed by atoms with Crippen LogP contribution in [0.15, 0.2) is 22.7 Å². The van der Waals surface area contributed by atoms with Gasteiger partial charge < -0.3 is 16.4 Å². The van der Waals surface area contributed by atoms with E-state index in [0.29, 0.717) is 0 Å². The Kier molecular flexibility index (Phi) is 3.57. The molecule has 2 rings (SSSR count). The monoisotopic (exact) mass is 297 g/mol. The summed E-state index contributed by atoms with van der Waals surface area (Å²) in [6.07, 6.45) is 1.62. The van der Waals surface area contributed by atoms with Crippen LogP contribution in [0.2, 0.25) is 0 Å². The van der Waals surface area contributed by atoms with E-state index in [1.165, 1.54) is 0 Å². The molecule has 1 aliphatic heterocycles. The van der Waals surface area contributed by atoms with E-state index in [4.69, 9.17) is 11.5 Å². The summed E-state index contributed by atoms with van der Waals surface area (Å²) < 4.78 is 0.978. The molecule has 4 nitrogen and oxygen atoms in total. The maximum Gasteiger partial charge on any atom is 0.220 e. The van der Waals surface area contributed by atoms with Crippen molar-refractivity contribution in [2.45, 2.75) is 12.8 Å². The molecule has 92 valence electrons. The summed E-state index contributed by atoms with van der Waals surface area (Å²) in [5.74, 6) is -0.170. The summed E-state index contributed by atoms with van der Waals surface area (Å²) in [5, 5.41) is 0. The number of primary amides is 1. The number of piperidine rings is 1. The molecule has 1 aliphatic rings. The van der Waals surface area contributed by atoms with Crippen molar-refractivity contribution in [1.82, 2.24) is 0 Å². The van der Waals surface area contributed by atoms with Gasteiger partial charge in [-0.05, 0) is 31.0 Å². The van der Waals surface area contributed by atoms with Crippen molar-refractivity contribution in [3.8, 4) is 0 Å². The molecule has 1 saturated heterocycles. The molecule has 0 atom stereocenters. The third kappa shape index (κ3) is 2.72. The van der Waals surface area contributed by atoms with E-state index < -0.39 is 0 Å². The first-order valence-electron chi connectivity index (χ1n) is 5.67. The van der Waals surface area contributed by atoms with Crippen molar-refractivity contribution < 1.29 is 4.79 Å². The van der Waals surface area contributed by atoms with Crippen molar-refractivity contribution in [1.29, 1.82) is 0 Å². The number of nitrogens with two attached hydrogens (primary N) is 2. The molecular weight excluding hydrogens is 282 g/mol. The highest BCUT2D eigenvalue weighted by molar-refractivity contribution is 9.10. The lowest BCUT2D eigenvalue weighted by Gasteiger charge is -2.33. The molecule has 1 aromatic rings. The normalized spacial score (nSPS) is 17.1. The summed E-state index contributed by atoms with van der Waals surface area (Å²) in [5.41, 5.74) is 13.1. The highest BCUT2D eigenvalue weighted by Crippen LogP contribution is 2.30. The van der Waals surface area contributed by atoms with Crippen molar-refractivity contribution in [3.05, 3.63) is 22.7 Å². The largest absolute Gasteiger partial charge is 0.397 e. The first-order valence-corrected chi connectivity index (χ1v) is 6.46. The molecule has 1 heterocycles. The minimum atomic E-state index is -0.187. The predicted molar refractivity (Wildman–Crippen MR) is 72.7 cm³/mol. The van der Waals surface area contributed by atoms with Gasteiger partial charge in [-0.3, -0.25) is 4.79 Å². The molecule has 0 spiro atoms. The molecule has 0 bridgehead atoms. The summed E-state index contributed by atoms with van der Waals surface area (Å²) in [4.78, 5) is 13.3. The van der Waals surface area contributed by atoms with Crippen LogP contribution in [0.4, 0.5) is 11.4 Å². The zero-order valence-electron chi connectivity index (χ0n) is 9.53. The molecule has 0 radical (unpaired) electrons. The first kappa shape index (κ1) is 12.2. The second-order valence-corrected chi connectivity index (χ2v) is 5.28.